The van der Waals surface area contributed by atoms with Crippen molar-refractivity contribution in [2.45, 2.75) is 39.9 Å². The van der Waals surface area contributed by atoms with Gasteiger partial charge in [-0.05, 0) is 27.2 Å². The lowest BCUT2D eigenvalue weighted by molar-refractivity contribution is 0.0482. The van der Waals surface area contributed by atoms with Gasteiger partial charge in [0.25, 0.3) is 0 Å². The standard InChI is InChI=1S/C9H25N3O3Si/c1-5-9(10,11)12-16(13-6-2,14-7-3)15-8-4/h12H,5-8,10-11H2,1-4H3. The van der Waals surface area contributed by atoms with E-state index in [1.807, 2.05) is 27.7 Å². The Morgan fingerprint density at radius 3 is 1.56 bits per heavy atom. The average Bonchev–Trinajstić information content (AvgIpc) is 2.18. The molecule has 0 rings (SSSR count). The molecule has 7 heteroatoms. The normalized spacial score (nSPS) is 13.1. The first-order valence-corrected chi connectivity index (χ1v) is 7.46. The van der Waals surface area contributed by atoms with Crippen molar-refractivity contribution in [3.8, 4) is 0 Å². The summed E-state index contributed by atoms with van der Waals surface area (Å²) in [4.78, 5) is 2.99. The molecule has 0 aliphatic carbocycles. The lowest BCUT2D eigenvalue weighted by atomic mass is 10.3. The van der Waals surface area contributed by atoms with E-state index in [0.29, 0.717) is 26.2 Å². The molecule has 0 aromatic carbocycles. The van der Waals surface area contributed by atoms with E-state index in [-0.39, 0.29) is 0 Å². The van der Waals surface area contributed by atoms with Gasteiger partial charge in [0.15, 0.2) is 0 Å². The van der Waals surface area contributed by atoms with Gasteiger partial charge in [-0.15, -0.1) is 0 Å². The molecule has 16 heavy (non-hydrogen) atoms. The molecule has 0 saturated carbocycles. The highest BCUT2D eigenvalue weighted by Gasteiger charge is 2.46. The van der Waals surface area contributed by atoms with E-state index in [1.165, 1.54) is 0 Å². The molecular weight excluding hydrogens is 226 g/mol. The fourth-order valence-corrected chi connectivity index (χ4v) is 3.53. The van der Waals surface area contributed by atoms with Gasteiger partial charge in [-0.2, -0.15) is 0 Å². The van der Waals surface area contributed by atoms with Crippen LogP contribution in [0.1, 0.15) is 34.1 Å². The molecule has 0 saturated heterocycles. The Bertz CT molecular complexity index is 176. The molecule has 0 bridgehead atoms. The Labute approximate surface area is 99.1 Å². The smallest absolute Gasteiger partial charge is 0.361 e. The van der Waals surface area contributed by atoms with Gasteiger partial charge >= 0.3 is 8.97 Å². The van der Waals surface area contributed by atoms with Gasteiger partial charge < -0.3 is 24.7 Å². The zero-order chi connectivity index (χ0) is 12.7. The summed E-state index contributed by atoms with van der Waals surface area (Å²) < 4.78 is 16.7. The molecule has 0 radical (unpaired) electrons. The zero-order valence-electron chi connectivity index (χ0n) is 10.7. The maximum absolute atomic E-state index is 5.85. The van der Waals surface area contributed by atoms with E-state index < -0.39 is 14.8 Å². The van der Waals surface area contributed by atoms with E-state index in [1.54, 1.807) is 0 Å². The lowest BCUT2D eigenvalue weighted by Crippen LogP contribution is -2.74. The highest BCUT2D eigenvalue weighted by molar-refractivity contribution is 6.58. The summed E-state index contributed by atoms with van der Waals surface area (Å²) in [6.45, 7) is 8.97. The third-order valence-electron chi connectivity index (χ3n) is 1.97. The van der Waals surface area contributed by atoms with Crippen molar-refractivity contribution in [2.75, 3.05) is 19.8 Å². The van der Waals surface area contributed by atoms with Crippen LogP contribution in [0.5, 0.6) is 0 Å². The van der Waals surface area contributed by atoms with Crippen LogP contribution in [-0.2, 0) is 13.3 Å². The van der Waals surface area contributed by atoms with Crippen molar-refractivity contribution >= 4 is 8.97 Å². The first-order valence-electron chi connectivity index (χ1n) is 5.74. The van der Waals surface area contributed by atoms with E-state index in [0.717, 1.165) is 0 Å². The summed E-state index contributed by atoms with van der Waals surface area (Å²) in [5.41, 5.74) is 11.7. The predicted octanol–water partition coefficient (Wildman–Crippen LogP) is 0.102. The molecule has 5 N–H and O–H groups in total. The zero-order valence-corrected chi connectivity index (χ0v) is 11.7. The summed E-state index contributed by atoms with van der Waals surface area (Å²) in [6, 6.07) is 0. The third-order valence-corrected chi connectivity index (χ3v) is 4.75. The van der Waals surface area contributed by atoms with Crippen molar-refractivity contribution in [3.05, 3.63) is 0 Å². The van der Waals surface area contributed by atoms with Crippen molar-refractivity contribution in [1.29, 1.82) is 0 Å². The molecule has 0 unspecified atom stereocenters. The van der Waals surface area contributed by atoms with Crippen LogP contribution in [-0.4, -0.2) is 34.6 Å². The van der Waals surface area contributed by atoms with Crippen LogP contribution >= 0.6 is 0 Å². The van der Waals surface area contributed by atoms with Gasteiger partial charge in [0, 0.05) is 19.8 Å². The summed E-state index contributed by atoms with van der Waals surface area (Å²) in [5.74, 6) is -1.04. The van der Waals surface area contributed by atoms with Gasteiger partial charge in [0.2, 0.25) is 0 Å². The fourth-order valence-electron chi connectivity index (χ4n) is 1.18. The Morgan fingerprint density at radius 2 is 1.31 bits per heavy atom. The first kappa shape index (κ1) is 16.0. The van der Waals surface area contributed by atoms with Crippen molar-refractivity contribution in [1.82, 2.24) is 4.98 Å². The number of hydrogen-bond donors (Lipinski definition) is 3. The van der Waals surface area contributed by atoms with Crippen LogP contribution in [0.4, 0.5) is 0 Å². The second-order valence-electron chi connectivity index (χ2n) is 3.37. The van der Waals surface area contributed by atoms with Gasteiger partial charge in [-0.3, -0.25) is 0 Å². The van der Waals surface area contributed by atoms with Crippen molar-refractivity contribution in [3.63, 3.8) is 0 Å². The van der Waals surface area contributed by atoms with E-state index in [4.69, 9.17) is 24.7 Å². The Kier molecular flexibility index (Phi) is 7.32. The Hall–Kier alpha value is -0.0231. The monoisotopic (exact) mass is 251 g/mol. The molecule has 0 aliphatic heterocycles. The largest absolute Gasteiger partial charge is 0.599 e. The topological polar surface area (TPSA) is 91.8 Å². The van der Waals surface area contributed by atoms with E-state index in [9.17, 15) is 0 Å². The number of nitrogens with one attached hydrogen (secondary N) is 1. The Balaban J connectivity index is 4.71. The maximum Gasteiger partial charge on any atom is 0.599 e. The number of rotatable bonds is 9. The average molecular weight is 251 g/mol. The third kappa shape index (κ3) is 5.35. The van der Waals surface area contributed by atoms with Crippen LogP contribution in [0.15, 0.2) is 0 Å². The van der Waals surface area contributed by atoms with Crippen molar-refractivity contribution < 1.29 is 13.3 Å². The minimum absolute atomic E-state index is 0.485. The molecule has 0 heterocycles. The quantitative estimate of drug-likeness (QED) is 0.398. The van der Waals surface area contributed by atoms with E-state index in [2.05, 4.69) is 4.98 Å². The molecular formula is C9H25N3O3Si. The summed E-state index contributed by atoms with van der Waals surface area (Å²) in [5, 5.41) is 0. The molecule has 0 aliphatic rings. The first-order chi connectivity index (χ1) is 7.45. The van der Waals surface area contributed by atoms with Gasteiger partial charge in [-0.25, -0.2) is 4.98 Å². The highest BCUT2D eigenvalue weighted by Crippen LogP contribution is 2.09. The Morgan fingerprint density at radius 1 is 0.938 bits per heavy atom. The molecule has 0 atom stereocenters. The molecule has 6 nitrogen and oxygen atoms in total. The minimum Gasteiger partial charge on any atom is -0.361 e. The number of nitrogens with two attached hydrogens (primary N) is 2. The number of hydrogen-bond acceptors (Lipinski definition) is 6. The molecule has 98 valence electrons. The van der Waals surface area contributed by atoms with Crippen LogP contribution in [0.25, 0.3) is 0 Å². The highest BCUT2D eigenvalue weighted by atomic mass is 28.4. The molecule has 0 amide bonds. The maximum atomic E-state index is 5.85. The summed E-state index contributed by atoms with van der Waals surface area (Å²) >= 11 is 0. The lowest BCUT2D eigenvalue weighted by Gasteiger charge is -2.35. The second-order valence-corrected chi connectivity index (χ2v) is 5.60. The van der Waals surface area contributed by atoms with Crippen LogP contribution in [0, 0.1) is 0 Å². The SMILES string of the molecule is CCO[Si](NC(N)(N)CC)(OCC)OCC. The second kappa shape index (κ2) is 7.33. The summed E-state index contributed by atoms with van der Waals surface area (Å²) in [6.07, 6.45) is 0.551. The molecule has 0 aromatic rings. The van der Waals surface area contributed by atoms with Crippen LogP contribution < -0.4 is 16.4 Å². The molecule has 0 aromatic heterocycles. The molecule has 0 fully saturated rings. The van der Waals surface area contributed by atoms with Crippen LogP contribution in [0.2, 0.25) is 0 Å². The fraction of sp³-hybridized carbons (Fsp3) is 1.00. The molecule has 0 spiro atoms. The van der Waals surface area contributed by atoms with Crippen molar-refractivity contribution in [2.24, 2.45) is 11.5 Å². The predicted molar refractivity (Wildman–Crippen MR) is 65.2 cm³/mol. The van der Waals surface area contributed by atoms with Gasteiger partial charge in [0.05, 0.1) is 0 Å². The van der Waals surface area contributed by atoms with Gasteiger partial charge in [0.1, 0.15) is 5.79 Å². The minimum atomic E-state index is -2.95. The van der Waals surface area contributed by atoms with Gasteiger partial charge in [-0.1, -0.05) is 6.92 Å². The van der Waals surface area contributed by atoms with E-state index >= 15 is 0 Å². The van der Waals surface area contributed by atoms with Crippen LogP contribution in [0.3, 0.4) is 0 Å². The summed E-state index contributed by atoms with van der Waals surface area (Å²) in [7, 11) is -2.95.